The normalized spacial score (nSPS) is 13.1. The highest BCUT2D eigenvalue weighted by atomic mass is 16.6. The maximum absolute atomic E-state index is 11.3. The van der Waals surface area contributed by atoms with Crippen LogP contribution in [0.5, 0.6) is 0 Å². The molecule has 0 rings (SSSR count). The smallest absolute Gasteiger partial charge is 0.306 e. The number of nitrogens with one attached hydrogen (secondary N) is 1. The SMILES string of the molecule is CNC(=O)[C@H](N)CCC(=O)OC(C)(C)C. The van der Waals surface area contributed by atoms with E-state index in [0.717, 1.165) is 0 Å². The molecule has 5 heteroatoms. The Labute approximate surface area is 90.4 Å². The van der Waals surface area contributed by atoms with E-state index in [0.29, 0.717) is 6.42 Å². The fraction of sp³-hybridized carbons (Fsp3) is 0.800. The van der Waals surface area contributed by atoms with Crippen molar-refractivity contribution in [2.24, 2.45) is 5.73 Å². The molecule has 1 atom stereocenters. The van der Waals surface area contributed by atoms with Crippen LogP contribution in [0.1, 0.15) is 33.6 Å². The molecule has 0 saturated heterocycles. The molecule has 0 aromatic rings. The van der Waals surface area contributed by atoms with Gasteiger partial charge in [-0.3, -0.25) is 9.59 Å². The summed E-state index contributed by atoms with van der Waals surface area (Å²) in [7, 11) is 1.51. The van der Waals surface area contributed by atoms with Crippen LogP contribution in [0.25, 0.3) is 0 Å². The van der Waals surface area contributed by atoms with Crippen LogP contribution in [-0.2, 0) is 14.3 Å². The van der Waals surface area contributed by atoms with Gasteiger partial charge in [-0.05, 0) is 27.2 Å². The summed E-state index contributed by atoms with van der Waals surface area (Å²) >= 11 is 0. The topological polar surface area (TPSA) is 81.4 Å². The molecular formula is C10H20N2O3. The molecule has 5 nitrogen and oxygen atoms in total. The van der Waals surface area contributed by atoms with Crippen LogP contribution >= 0.6 is 0 Å². The Hall–Kier alpha value is -1.10. The standard InChI is InChI=1S/C10H20N2O3/c1-10(2,3)15-8(13)6-5-7(11)9(14)12-4/h7H,5-6,11H2,1-4H3,(H,12,14)/t7-/m1/s1. The molecule has 0 aliphatic heterocycles. The number of hydrogen-bond acceptors (Lipinski definition) is 4. The van der Waals surface area contributed by atoms with Gasteiger partial charge in [-0.25, -0.2) is 0 Å². The fourth-order valence-corrected chi connectivity index (χ4v) is 0.982. The van der Waals surface area contributed by atoms with Gasteiger partial charge in [0.2, 0.25) is 5.91 Å². The molecule has 3 N–H and O–H groups in total. The molecule has 0 fully saturated rings. The van der Waals surface area contributed by atoms with Gasteiger partial charge in [0.15, 0.2) is 0 Å². The van der Waals surface area contributed by atoms with Crippen molar-refractivity contribution in [3.63, 3.8) is 0 Å². The first-order chi connectivity index (χ1) is 6.76. The summed E-state index contributed by atoms with van der Waals surface area (Å²) in [6.07, 6.45) is 0.459. The second kappa shape index (κ2) is 5.70. The summed E-state index contributed by atoms with van der Waals surface area (Å²) in [5.74, 6) is -0.597. The van der Waals surface area contributed by atoms with Crippen molar-refractivity contribution in [2.45, 2.75) is 45.3 Å². The third-order valence-corrected chi connectivity index (χ3v) is 1.66. The van der Waals surface area contributed by atoms with Gasteiger partial charge in [0.1, 0.15) is 5.60 Å². The molecule has 0 unspecified atom stereocenters. The van der Waals surface area contributed by atoms with E-state index in [1.807, 2.05) is 0 Å². The minimum absolute atomic E-state index is 0.159. The van der Waals surface area contributed by atoms with Crippen LogP contribution in [0, 0.1) is 0 Å². The number of amides is 1. The lowest BCUT2D eigenvalue weighted by Crippen LogP contribution is -2.39. The van der Waals surface area contributed by atoms with Crippen molar-refractivity contribution in [3.05, 3.63) is 0 Å². The van der Waals surface area contributed by atoms with Gasteiger partial charge in [0, 0.05) is 13.5 Å². The number of carbonyl (C=O) groups is 2. The number of hydrogen-bond donors (Lipinski definition) is 2. The molecule has 0 aliphatic rings. The van der Waals surface area contributed by atoms with Crippen LogP contribution in [0.15, 0.2) is 0 Å². The van der Waals surface area contributed by atoms with Crippen LogP contribution in [0.4, 0.5) is 0 Å². The van der Waals surface area contributed by atoms with Crippen molar-refractivity contribution in [1.82, 2.24) is 5.32 Å². The minimum Gasteiger partial charge on any atom is -0.460 e. The lowest BCUT2D eigenvalue weighted by atomic mass is 10.1. The van der Waals surface area contributed by atoms with Crippen molar-refractivity contribution in [3.8, 4) is 0 Å². The van der Waals surface area contributed by atoms with Gasteiger partial charge >= 0.3 is 5.97 Å². The molecule has 0 spiro atoms. The van der Waals surface area contributed by atoms with Crippen LogP contribution in [0.2, 0.25) is 0 Å². The van der Waals surface area contributed by atoms with E-state index in [2.05, 4.69) is 5.32 Å². The number of likely N-dealkylation sites (N-methyl/N-ethyl adjacent to an activating group) is 1. The summed E-state index contributed by atoms with van der Waals surface area (Å²) in [6.45, 7) is 5.39. The zero-order valence-corrected chi connectivity index (χ0v) is 9.79. The predicted octanol–water partition coefficient (Wildman–Crippen LogP) is 0.182. The van der Waals surface area contributed by atoms with Gasteiger partial charge in [-0.1, -0.05) is 0 Å². The maximum atomic E-state index is 11.3. The monoisotopic (exact) mass is 216 g/mol. The highest BCUT2D eigenvalue weighted by Crippen LogP contribution is 2.09. The fourth-order valence-electron chi connectivity index (χ4n) is 0.982. The molecular weight excluding hydrogens is 196 g/mol. The van der Waals surface area contributed by atoms with Crippen molar-refractivity contribution >= 4 is 11.9 Å². The van der Waals surface area contributed by atoms with Gasteiger partial charge < -0.3 is 15.8 Å². The van der Waals surface area contributed by atoms with Gasteiger partial charge in [0.25, 0.3) is 0 Å². The molecule has 0 aromatic carbocycles. The van der Waals surface area contributed by atoms with Crippen LogP contribution < -0.4 is 11.1 Å². The highest BCUT2D eigenvalue weighted by molar-refractivity contribution is 5.81. The Bertz CT molecular complexity index is 233. The molecule has 0 aliphatic carbocycles. The third kappa shape index (κ3) is 6.90. The van der Waals surface area contributed by atoms with Crippen molar-refractivity contribution < 1.29 is 14.3 Å². The summed E-state index contributed by atoms with van der Waals surface area (Å²) in [5.41, 5.74) is 5.03. The third-order valence-electron chi connectivity index (χ3n) is 1.66. The molecule has 15 heavy (non-hydrogen) atoms. The maximum Gasteiger partial charge on any atom is 0.306 e. The van der Waals surface area contributed by atoms with E-state index in [1.165, 1.54) is 7.05 Å². The van der Waals surface area contributed by atoms with Crippen molar-refractivity contribution in [1.29, 1.82) is 0 Å². The van der Waals surface area contributed by atoms with E-state index in [4.69, 9.17) is 10.5 Å². The lowest BCUT2D eigenvalue weighted by molar-refractivity contribution is -0.155. The van der Waals surface area contributed by atoms with Crippen molar-refractivity contribution in [2.75, 3.05) is 7.05 Å². The predicted molar refractivity (Wildman–Crippen MR) is 57.1 cm³/mol. The number of nitrogens with two attached hydrogens (primary N) is 1. The number of ether oxygens (including phenoxy) is 1. The van der Waals surface area contributed by atoms with E-state index in [9.17, 15) is 9.59 Å². The Kier molecular flexibility index (Phi) is 5.28. The number of rotatable bonds is 4. The summed E-state index contributed by atoms with van der Waals surface area (Å²) in [6, 6.07) is -0.650. The minimum atomic E-state index is -0.650. The summed E-state index contributed by atoms with van der Waals surface area (Å²) in [5, 5.41) is 2.42. The first-order valence-electron chi connectivity index (χ1n) is 4.95. The summed E-state index contributed by atoms with van der Waals surface area (Å²) < 4.78 is 5.08. The zero-order chi connectivity index (χ0) is 12.1. The Morgan fingerprint density at radius 1 is 1.40 bits per heavy atom. The molecule has 0 radical (unpaired) electrons. The van der Waals surface area contributed by atoms with Gasteiger partial charge in [-0.15, -0.1) is 0 Å². The van der Waals surface area contributed by atoms with Crippen LogP contribution in [-0.4, -0.2) is 30.6 Å². The number of esters is 1. The summed E-state index contributed by atoms with van der Waals surface area (Å²) in [4.78, 5) is 22.3. The molecule has 0 saturated carbocycles. The zero-order valence-electron chi connectivity index (χ0n) is 9.79. The molecule has 0 aromatic heterocycles. The van der Waals surface area contributed by atoms with E-state index in [-0.39, 0.29) is 18.3 Å². The Morgan fingerprint density at radius 2 is 1.93 bits per heavy atom. The second-order valence-corrected chi connectivity index (χ2v) is 4.35. The molecule has 0 bridgehead atoms. The van der Waals surface area contributed by atoms with Crippen LogP contribution in [0.3, 0.4) is 0 Å². The van der Waals surface area contributed by atoms with E-state index in [1.54, 1.807) is 20.8 Å². The first kappa shape index (κ1) is 13.9. The molecule has 88 valence electrons. The van der Waals surface area contributed by atoms with Gasteiger partial charge in [-0.2, -0.15) is 0 Å². The Morgan fingerprint density at radius 3 is 2.33 bits per heavy atom. The average molecular weight is 216 g/mol. The van der Waals surface area contributed by atoms with Gasteiger partial charge in [0.05, 0.1) is 6.04 Å². The highest BCUT2D eigenvalue weighted by Gasteiger charge is 2.18. The first-order valence-corrected chi connectivity index (χ1v) is 4.95. The lowest BCUT2D eigenvalue weighted by Gasteiger charge is -2.19. The molecule has 1 amide bonds. The second-order valence-electron chi connectivity index (χ2n) is 4.35. The van der Waals surface area contributed by atoms with E-state index >= 15 is 0 Å². The molecule has 0 heterocycles. The quantitative estimate of drug-likeness (QED) is 0.657. The Balaban J connectivity index is 3.86. The number of carbonyl (C=O) groups excluding carboxylic acids is 2. The van der Waals surface area contributed by atoms with E-state index < -0.39 is 11.6 Å². The average Bonchev–Trinajstić information content (AvgIpc) is 2.10. The largest absolute Gasteiger partial charge is 0.460 e.